The molecule has 0 unspecified atom stereocenters. The van der Waals surface area contributed by atoms with Crippen LogP contribution in [0, 0.1) is 11.3 Å². The Balaban J connectivity index is 1.91. The van der Waals surface area contributed by atoms with Crippen molar-refractivity contribution >= 4 is 28.3 Å². The molecule has 0 fully saturated rings. The van der Waals surface area contributed by atoms with E-state index in [4.69, 9.17) is 15.7 Å². The molecular weight excluding hydrogens is 328 g/mol. The second-order valence-electron chi connectivity index (χ2n) is 5.63. The van der Waals surface area contributed by atoms with E-state index in [1.54, 1.807) is 12.1 Å². The van der Waals surface area contributed by atoms with Crippen molar-refractivity contribution in [1.82, 2.24) is 4.98 Å². The maximum atomic E-state index is 12.4. The summed E-state index contributed by atoms with van der Waals surface area (Å²) in [6.45, 7) is 0. The number of nitriles is 1. The van der Waals surface area contributed by atoms with Gasteiger partial charge in [-0.25, -0.2) is 0 Å². The Labute approximate surface area is 150 Å². The number of rotatable bonds is 4. The first kappa shape index (κ1) is 17.1. The molecule has 0 aliphatic carbocycles. The van der Waals surface area contributed by atoms with E-state index >= 15 is 0 Å². The molecule has 2 N–H and O–H groups in total. The lowest BCUT2D eigenvalue weighted by Crippen LogP contribution is -2.12. The summed E-state index contributed by atoms with van der Waals surface area (Å²) < 4.78 is 4.92. The third-order valence-electron chi connectivity index (χ3n) is 3.91. The number of methoxy groups -OCH3 is 1. The van der Waals surface area contributed by atoms with Gasteiger partial charge in [-0.1, -0.05) is 24.3 Å². The number of nitrogens with zero attached hydrogens (tertiary/aromatic N) is 3. The SMILES string of the molecule is COC(N)=Nc1cccc2ccc(CC(=O)c3ccc(C#N)cn3)cc12. The average Bonchev–Trinajstić information content (AvgIpc) is 2.68. The molecule has 0 aliphatic rings. The van der Waals surface area contributed by atoms with Gasteiger partial charge in [-0.2, -0.15) is 10.3 Å². The van der Waals surface area contributed by atoms with Gasteiger partial charge in [-0.3, -0.25) is 9.78 Å². The lowest BCUT2D eigenvalue weighted by atomic mass is 10.0. The number of ether oxygens (including phenoxy) is 1. The van der Waals surface area contributed by atoms with Gasteiger partial charge in [0.2, 0.25) is 0 Å². The molecule has 26 heavy (non-hydrogen) atoms. The minimum atomic E-state index is -0.119. The van der Waals surface area contributed by atoms with Crippen molar-refractivity contribution in [2.45, 2.75) is 6.42 Å². The maximum absolute atomic E-state index is 12.4. The predicted octanol–water partition coefficient (Wildman–Crippen LogP) is 3.12. The molecule has 0 atom stereocenters. The van der Waals surface area contributed by atoms with E-state index in [2.05, 4.69) is 9.98 Å². The fourth-order valence-corrected chi connectivity index (χ4v) is 2.58. The molecule has 0 amide bonds. The van der Waals surface area contributed by atoms with Crippen molar-refractivity contribution in [3.63, 3.8) is 0 Å². The van der Waals surface area contributed by atoms with Gasteiger partial charge in [0.25, 0.3) is 6.02 Å². The molecule has 0 spiro atoms. The highest BCUT2D eigenvalue weighted by molar-refractivity contribution is 5.98. The van der Waals surface area contributed by atoms with Crippen molar-refractivity contribution in [1.29, 1.82) is 5.26 Å². The summed E-state index contributed by atoms with van der Waals surface area (Å²) in [6.07, 6.45) is 1.60. The number of aliphatic imine (C=N–C) groups is 1. The summed E-state index contributed by atoms with van der Waals surface area (Å²) in [7, 11) is 1.46. The highest BCUT2D eigenvalue weighted by Crippen LogP contribution is 2.27. The van der Waals surface area contributed by atoms with Crippen LogP contribution in [0.25, 0.3) is 10.8 Å². The van der Waals surface area contributed by atoms with Gasteiger partial charge in [-0.15, -0.1) is 0 Å². The summed E-state index contributed by atoms with van der Waals surface area (Å²) >= 11 is 0. The van der Waals surface area contributed by atoms with Gasteiger partial charge >= 0.3 is 0 Å². The number of hydrogen-bond acceptors (Lipinski definition) is 5. The van der Waals surface area contributed by atoms with E-state index in [1.165, 1.54) is 13.3 Å². The van der Waals surface area contributed by atoms with Crippen LogP contribution in [0.2, 0.25) is 0 Å². The molecule has 6 nitrogen and oxygen atoms in total. The molecule has 2 aromatic carbocycles. The zero-order valence-corrected chi connectivity index (χ0v) is 14.1. The van der Waals surface area contributed by atoms with E-state index in [-0.39, 0.29) is 18.2 Å². The molecule has 128 valence electrons. The smallest absolute Gasteiger partial charge is 0.286 e. The van der Waals surface area contributed by atoms with Crippen LogP contribution in [0.15, 0.2) is 59.7 Å². The first-order valence-corrected chi connectivity index (χ1v) is 7.90. The quantitative estimate of drug-likeness (QED) is 0.445. The lowest BCUT2D eigenvalue weighted by Gasteiger charge is -2.07. The summed E-state index contributed by atoms with van der Waals surface area (Å²) in [6, 6.07) is 16.6. The number of nitrogens with two attached hydrogens (primary N) is 1. The number of aromatic nitrogens is 1. The molecular formula is C20H16N4O2. The monoisotopic (exact) mass is 344 g/mol. The van der Waals surface area contributed by atoms with E-state index in [0.29, 0.717) is 16.9 Å². The molecule has 0 aliphatic heterocycles. The lowest BCUT2D eigenvalue weighted by molar-refractivity contribution is 0.0988. The van der Waals surface area contributed by atoms with E-state index in [9.17, 15) is 4.79 Å². The van der Waals surface area contributed by atoms with Crippen LogP contribution in [0.4, 0.5) is 5.69 Å². The Hall–Kier alpha value is -3.72. The molecule has 0 saturated heterocycles. The number of Topliss-reactive ketones (excluding diaryl/α,β-unsaturated/α-hetero) is 1. The molecule has 0 bridgehead atoms. The van der Waals surface area contributed by atoms with Crippen molar-refractivity contribution in [3.05, 3.63) is 71.5 Å². The van der Waals surface area contributed by atoms with Crippen molar-refractivity contribution < 1.29 is 9.53 Å². The van der Waals surface area contributed by atoms with Crippen LogP contribution >= 0.6 is 0 Å². The summed E-state index contributed by atoms with van der Waals surface area (Å²) in [4.78, 5) is 20.7. The number of carbonyl (C=O) groups excluding carboxylic acids is 1. The Bertz CT molecular complexity index is 1030. The zero-order chi connectivity index (χ0) is 18.5. The third-order valence-corrected chi connectivity index (χ3v) is 3.91. The molecule has 3 rings (SSSR count). The largest absolute Gasteiger partial charge is 0.469 e. The Morgan fingerprint density at radius 2 is 2.12 bits per heavy atom. The molecule has 0 saturated carbocycles. The number of carbonyl (C=O) groups is 1. The standard InChI is InChI=1S/C20H16N4O2/c1-26-20(22)24-17-4-2-3-15-7-5-13(9-16(15)17)10-19(25)18-8-6-14(11-21)12-23-18/h2-9,12H,10H2,1H3,(H2,22,24). The normalized spacial score (nSPS) is 11.2. The van der Waals surface area contributed by atoms with Crippen LogP contribution in [0.1, 0.15) is 21.6 Å². The topological polar surface area (TPSA) is 101 Å². The second kappa shape index (κ2) is 7.45. The molecule has 1 heterocycles. The second-order valence-corrected chi connectivity index (χ2v) is 5.63. The van der Waals surface area contributed by atoms with Crippen LogP contribution in [0.5, 0.6) is 0 Å². The molecule has 3 aromatic rings. The minimum absolute atomic E-state index is 0.0702. The summed E-state index contributed by atoms with van der Waals surface area (Å²) in [5, 5.41) is 10.7. The van der Waals surface area contributed by atoms with Gasteiger partial charge in [0.05, 0.1) is 18.4 Å². The Morgan fingerprint density at radius 3 is 2.81 bits per heavy atom. The minimum Gasteiger partial charge on any atom is -0.469 e. The van der Waals surface area contributed by atoms with E-state index in [1.807, 2.05) is 42.5 Å². The number of hydrogen-bond donors (Lipinski definition) is 1. The van der Waals surface area contributed by atoms with E-state index < -0.39 is 0 Å². The van der Waals surface area contributed by atoms with Gasteiger partial charge in [0, 0.05) is 18.0 Å². The molecule has 0 radical (unpaired) electrons. The number of fused-ring (bicyclic) bond motifs is 1. The van der Waals surface area contributed by atoms with Gasteiger partial charge in [0.15, 0.2) is 5.78 Å². The number of benzene rings is 2. The van der Waals surface area contributed by atoms with Crippen molar-refractivity contribution in [2.24, 2.45) is 10.7 Å². The third kappa shape index (κ3) is 3.68. The van der Waals surface area contributed by atoms with Gasteiger partial charge < -0.3 is 10.5 Å². The fraction of sp³-hybridized carbons (Fsp3) is 0.100. The van der Waals surface area contributed by atoms with Crippen LogP contribution in [0.3, 0.4) is 0 Å². The number of pyridine rings is 1. The van der Waals surface area contributed by atoms with Gasteiger partial charge in [0.1, 0.15) is 11.8 Å². The maximum Gasteiger partial charge on any atom is 0.286 e. The van der Waals surface area contributed by atoms with Gasteiger partial charge in [-0.05, 0) is 35.2 Å². The fourth-order valence-electron chi connectivity index (χ4n) is 2.58. The zero-order valence-electron chi connectivity index (χ0n) is 14.1. The Morgan fingerprint density at radius 1 is 1.27 bits per heavy atom. The first-order valence-electron chi connectivity index (χ1n) is 7.90. The summed E-state index contributed by atoms with van der Waals surface area (Å²) in [5.74, 6) is -0.119. The number of amidine groups is 1. The predicted molar refractivity (Wildman–Crippen MR) is 99.2 cm³/mol. The van der Waals surface area contributed by atoms with Crippen LogP contribution < -0.4 is 5.73 Å². The highest BCUT2D eigenvalue weighted by Gasteiger charge is 2.10. The molecule has 6 heteroatoms. The Kier molecular flexibility index (Phi) is 4.90. The first-order chi connectivity index (χ1) is 12.6. The highest BCUT2D eigenvalue weighted by atomic mass is 16.5. The van der Waals surface area contributed by atoms with Crippen molar-refractivity contribution in [3.8, 4) is 6.07 Å². The van der Waals surface area contributed by atoms with Crippen molar-refractivity contribution in [2.75, 3.05) is 7.11 Å². The average molecular weight is 344 g/mol. The number of ketones is 1. The van der Waals surface area contributed by atoms with E-state index in [0.717, 1.165) is 16.3 Å². The van der Waals surface area contributed by atoms with Crippen LogP contribution in [-0.4, -0.2) is 23.9 Å². The summed E-state index contributed by atoms with van der Waals surface area (Å²) in [5.41, 5.74) is 7.92. The van der Waals surface area contributed by atoms with Crippen LogP contribution in [-0.2, 0) is 11.2 Å². The molecule has 1 aromatic heterocycles.